The van der Waals surface area contributed by atoms with E-state index in [0.29, 0.717) is 27.3 Å². The third-order valence-electron chi connectivity index (χ3n) is 5.02. The molecule has 166 valence electrons. The number of ether oxygens (including phenoxy) is 3. The molecule has 4 rings (SSSR count). The minimum atomic E-state index is -0.496. The van der Waals surface area contributed by atoms with Crippen molar-refractivity contribution in [1.82, 2.24) is 10.2 Å². The molecule has 1 fully saturated rings. The fraction of sp³-hybridized carbons (Fsp3) is 0.526. The molecule has 31 heavy (non-hydrogen) atoms. The van der Waals surface area contributed by atoms with E-state index in [1.54, 1.807) is 0 Å². The highest BCUT2D eigenvalue weighted by Gasteiger charge is 2.22. The van der Waals surface area contributed by atoms with Crippen molar-refractivity contribution in [2.75, 3.05) is 17.9 Å². The van der Waals surface area contributed by atoms with Gasteiger partial charge in [0.1, 0.15) is 12.4 Å². The number of rotatable bonds is 8. The monoisotopic (exact) mass is 466 g/mol. The molecule has 1 aliphatic carbocycles. The van der Waals surface area contributed by atoms with Crippen LogP contribution in [0.25, 0.3) is 0 Å². The van der Waals surface area contributed by atoms with Crippen LogP contribution < -0.4 is 10.1 Å². The summed E-state index contributed by atoms with van der Waals surface area (Å²) in [6.45, 7) is 0.145. The number of nitro groups is 1. The first-order valence-electron chi connectivity index (χ1n) is 9.97. The van der Waals surface area contributed by atoms with E-state index in [9.17, 15) is 14.9 Å². The van der Waals surface area contributed by atoms with E-state index in [4.69, 9.17) is 14.2 Å². The maximum absolute atomic E-state index is 12.2. The number of aromatic nitrogens is 2. The predicted molar refractivity (Wildman–Crippen MR) is 114 cm³/mol. The Morgan fingerprint density at radius 3 is 2.97 bits per heavy atom. The number of benzene rings is 1. The second-order valence-electron chi connectivity index (χ2n) is 7.26. The van der Waals surface area contributed by atoms with E-state index in [-0.39, 0.29) is 31.4 Å². The first kappa shape index (κ1) is 21.8. The van der Waals surface area contributed by atoms with E-state index in [1.165, 1.54) is 54.5 Å². The summed E-state index contributed by atoms with van der Waals surface area (Å²) >= 11 is 2.67. The molecule has 1 N–H and O–H groups in total. The molecule has 2 aromatic rings. The SMILES string of the molecule is O=C(CSc1nnc(NC2CCCCC2)s1)OCc1cc([N+](=O)[O-])cc2c1OCOC2. The predicted octanol–water partition coefficient (Wildman–Crippen LogP) is 3.89. The van der Waals surface area contributed by atoms with Crippen LogP contribution in [-0.2, 0) is 27.5 Å². The van der Waals surface area contributed by atoms with E-state index in [2.05, 4.69) is 15.5 Å². The molecule has 0 spiro atoms. The second-order valence-corrected chi connectivity index (χ2v) is 9.46. The zero-order valence-corrected chi connectivity index (χ0v) is 18.3. The van der Waals surface area contributed by atoms with Crippen molar-refractivity contribution >= 4 is 39.9 Å². The van der Waals surface area contributed by atoms with Crippen LogP contribution in [0.15, 0.2) is 16.5 Å². The topological polar surface area (TPSA) is 126 Å². The molecule has 1 saturated carbocycles. The van der Waals surface area contributed by atoms with Gasteiger partial charge in [0.15, 0.2) is 11.1 Å². The molecule has 1 aromatic heterocycles. The Bertz CT molecular complexity index is 947. The van der Waals surface area contributed by atoms with Gasteiger partial charge in [-0.25, -0.2) is 0 Å². The van der Waals surface area contributed by atoms with Gasteiger partial charge in [0.05, 0.1) is 17.3 Å². The standard InChI is InChI=1S/C19H22N4O6S2/c24-16(10-30-19-22-21-18(31-19)20-14-4-2-1-3-5-14)28-9-13-7-15(23(25)26)6-12-8-27-11-29-17(12)13/h6-7,14H,1-5,8-11H2,(H,20,21). The smallest absolute Gasteiger partial charge is 0.316 e. The molecule has 0 radical (unpaired) electrons. The average molecular weight is 467 g/mol. The minimum Gasteiger partial charge on any atom is -0.467 e. The summed E-state index contributed by atoms with van der Waals surface area (Å²) in [6, 6.07) is 3.21. The van der Waals surface area contributed by atoms with Crippen molar-refractivity contribution in [2.45, 2.75) is 55.7 Å². The highest BCUT2D eigenvalue weighted by molar-refractivity contribution is 8.01. The summed E-state index contributed by atoms with van der Waals surface area (Å²) in [5.74, 6) is 0.0910. The van der Waals surface area contributed by atoms with Crippen molar-refractivity contribution in [1.29, 1.82) is 0 Å². The molecule has 0 atom stereocenters. The van der Waals surface area contributed by atoms with Crippen molar-refractivity contribution in [2.24, 2.45) is 0 Å². The van der Waals surface area contributed by atoms with Crippen molar-refractivity contribution in [3.05, 3.63) is 33.4 Å². The quantitative estimate of drug-likeness (QED) is 0.265. The zero-order valence-electron chi connectivity index (χ0n) is 16.7. The molecule has 0 bridgehead atoms. The third-order valence-corrected chi connectivity index (χ3v) is 6.99. The van der Waals surface area contributed by atoms with Gasteiger partial charge in [-0.2, -0.15) is 0 Å². The van der Waals surface area contributed by atoms with Gasteiger partial charge in [0, 0.05) is 29.3 Å². The summed E-state index contributed by atoms with van der Waals surface area (Å²) < 4.78 is 16.6. The van der Waals surface area contributed by atoms with E-state index in [0.717, 1.165) is 18.0 Å². The lowest BCUT2D eigenvalue weighted by Crippen LogP contribution is -2.21. The lowest BCUT2D eigenvalue weighted by molar-refractivity contribution is -0.385. The normalized spacial score (nSPS) is 16.3. The van der Waals surface area contributed by atoms with Crippen molar-refractivity contribution in [3.63, 3.8) is 0 Å². The van der Waals surface area contributed by atoms with Gasteiger partial charge in [-0.15, -0.1) is 10.2 Å². The maximum Gasteiger partial charge on any atom is 0.316 e. The number of non-ortho nitro benzene ring substituents is 1. The van der Waals surface area contributed by atoms with Crippen LogP contribution in [0.1, 0.15) is 43.2 Å². The summed E-state index contributed by atoms with van der Waals surface area (Å²) in [6.07, 6.45) is 6.04. The largest absolute Gasteiger partial charge is 0.467 e. The molecule has 2 heterocycles. The molecule has 0 unspecified atom stereocenters. The van der Waals surface area contributed by atoms with Crippen LogP contribution in [0.2, 0.25) is 0 Å². The second kappa shape index (κ2) is 10.2. The van der Waals surface area contributed by atoms with Gasteiger partial charge in [-0.3, -0.25) is 14.9 Å². The van der Waals surface area contributed by atoms with E-state index >= 15 is 0 Å². The van der Waals surface area contributed by atoms with Gasteiger partial charge in [-0.05, 0) is 12.8 Å². The Balaban J connectivity index is 1.29. The number of nitro benzene ring substituents is 1. The summed E-state index contributed by atoms with van der Waals surface area (Å²) in [5, 5.41) is 23.6. The van der Waals surface area contributed by atoms with E-state index in [1.807, 2.05) is 0 Å². The lowest BCUT2D eigenvalue weighted by atomic mass is 9.96. The van der Waals surface area contributed by atoms with Crippen molar-refractivity contribution < 1.29 is 23.9 Å². The number of anilines is 1. The first-order valence-corrected chi connectivity index (χ1v) is 11.8. The zero-order chi connectivity index (χ0) is 21.6. The first-order chi connectivity index (χ1) is 15.1. The molecule has 1 aromatic carbocycles. The Hall–Kier alpha value is -2.44. The number of esters is 1. The minimum absolute atomic E-state index is 0.0515. The molecule has 10 nitrogen and oxygen atoms in total. The Morgan fingerprint density at radius 1 is 1.32 bits per heavy atom. The molecule has 12 heteroatoms. The third kappa shape index (κ3) is 5.83. The van der Waals surface area contributed by atoms with Crippen LogP contribution in [0.4, 0.5) is 10.8 Å². The summed E-state index contributed by atoms with van der Waals surface area (Å²) in [5.41, 5.74) is 0.911. The molecule has 0 saturated heterocycles. The number of carbonyl (C=O) groups excluding carboxylic acids is 1. The number of hydrogen-bond donors (Lipinski definition) is 1. The fourth-order valence-corrected chi connectivity index (χ4v) is 5.19. The Labute approximate surface area is 186 Å². The molecule has 0 amide bonds. The van der Waals surface area contributed by atoms with E-state index < -0.39 is 10.9 Å². The van der Waals surface area contributed by atoms with Crippen LogP contribution in [0, 0.1) is 10.1 Å². The molecular weight excluding hydrogens is 444 g/mol. The number of fused-ring (bicyclic) bond motifs is 1. The Kier molecular flexibility index (Phi) is 7.20. The van der Waals surface area contributed by atoms with Crippen LogP contribution in [-0.4, -0.2) is 39.7 Å². The van der Waals surface area contributed by atoms with Crippen LogP contribution >= 0.6 is 23.1 Å². The Morgan fingerprint density at radius 2 is 2.16 bits per heavy atom. The highest BCUT2D eigenvalue weighted by Crippen LogP contribution is 2.33. The van der Waals surface area contributed by atoms with Gasteiger partial charge in [0.2, 0.25) is 5.13 Å². The number of carbonyl (C=O) groups is 1. The summed E-state index contributed by atoms with van der Waals surface area (Å²) in [4.78, 5) is 22.9. The maximum atomic E-state index is 12.2. The van der Waals surface area contributed by atoms with Gasteiger partial charge >= 0.3 is 5.97 Å². The van der Waals surface area contributed by atoms with Crippen molar-refractivity contribution in [3.8, 4) is 5.75 Å². The van der Waals surface area contributed by atoms with Gasteiger partial charge in [-0.1, -0.05) is 42.4 Å². The van der Waals surface area contributed by atoms with Gasteiger partial charge in [0.25, 0.3) is 5.69 Å². The molecular formula is C19H22N4O6S2. The number of nitrogens with zero attached hydrogens (tertiary/aromatic N) is 3. The molecule has 1 aliphatic heterocycles. The number of hydrogen-bond acceptors (Lipinski definition) is 11. The van der Waals surface area contributed by atoms with Crippen LogP contribution in [0.3, 0.4) is 0 Å². The number of thioether (sulfide) groups is 1. The average Bonchev–Trinajstić information content (AvgIpc) is 3.23. The van der Waals surface area contributed by atoms with Gasteiger partial charge < -0.3 is 19.5 Å². The number of nitrogens with one attached hydrogen (secondary N) is 1. The van der Waals surface area contributed by atoms with Crippen LogP contribution in [0.5, 0.6) is 5.75 Å². The summed E-state index contributed by atoms with van der Waals surface area (Å²) in [7, 11) is 0. The lowest BCUT2D eigenvalue weighted by Gasteiger charge is -2.21. The fourth-order valence-electron chi connectivity index (χ4n) is 3.56. The molecule has 2 aliphatic rings. The highest BCUT2D eigenvalue weighted by atomic mass is 32.2.